The van der Waals surface area contributed by atoms with Gasteiger partial charge in [-0.25, -0.2) is 4.68 Å². The van der Waals surface area contributed by atoms with E-state index < -0.39 is 0 Å². The van der Waals surface area contributed by atoms with Crippen LogP contribution in [-0.2, 0) is 11.2 Å². The van der Waals surface area contributed by atoms with Gasteiger partial charge in [0.05, 0.1) is 6.04 Å². The van der Waals surface area contributed by atoms with Gasteiger partial charge in [0, 0.05) is 12.1 Å². The van der Waals surface area contributed by atoms with Gasteiger partial charge in [0.2, 0.25) is 11.1 Å². The van der Waals surface area contributed by atoms with Gasteiger partial charge in [-0.1, -0.05) is 55.1 Å². The van der Waals surface area contributed by atoms with E-state index >= 15 is 0 Å². The molecule has 1 aliphatic heterocycles. The predicted molar refractivity (Wildman–Crippen MR) is 117 cm³/mol. The van der Waals surface area contributed by atoms with Crippen molar-refractivity contribution >= 4 is 23.4 Å². The van der Waals surface area contributed by atoms with Crippen LogP contribution in [0.2, 0.25) is 0 Å². The molecule has 0 saturated heterocycles. The summed E-state index contributed by atoms with van der Waals surface area (Å²) in [6, 6.07) is 15.9. The summed E-state index contributed by atoms with van der Waals surface area (Å²) in [7, 11) is 0. The summed E-state index contributed by atoms with van der Waals surface area (Å²) in [5, 5.41) is 12.1. The van der Waals surface area contributed by atoms with Crippen molar-refractivity contribution in [2.75, 3.05) is 10.7 Å². The second-order valence-electron chi connectivity index (χ2n) is 7.33. The van der Waals surface area contributed by atoms with Gasteiger partial charge in [-0.15, -0.1) is 10.2 Å². The molecule has 150 valence electrons. The van der Waals surface area contributed by atoms with Crippen LogP contribution in [-0.4, -0.2) is 26.0 Å². The number of aromatic nitrogens is 3. The van der Waals surface area contributed by atoms with Crippen molar-refractivity contribution in [2.24, 2.45) is 0 Å². The van der Waals surface area contributed by atoms with Gasteiger partial charge in [0.1, 0.15) is 5.25 Å². The quantitative estimate of drug-likeness (QED) is 0.662. The maximum atomic E-state index is 13.3. The first kappa shape index (κ1) is 19.5. The molecular weight excluding hydrogens is 382 g/mol. The Morgan fingerprint density at radius 1 is 1.14 bits per heavy atom. The smallest absolute Gasteiger partial charge is 0.240 e. The van der Waals surface area contributed by atoms with Gasteiger partial charge in [0.25, 0.3) is 0 Å². The number of nitrogens with zero attached hydrogens (tertiary/aromatic N) is 3. The van der Waals surface area contributed by atoms with Crippen LogP contribution in [0, 0.1) is 13.8 Å². The number of hydrogen-bond donors (Lipinski definition) is 2. The Morgan fingerprint density at radius 2 is 1.93 bits per heavy atom. The monoisotopic (exact) mass is 407 g/mol. The first-order valence-electron chi connectivity index (χ1n) is 9.87. The molecule has 2 unspecified atom stereocenters. The van der Waals surface area contributed by atoms with E-state index in [1.807, 2.05) is 60.1 Å². The molecule has 0 saturated carbocycles. The predicted octanol–water partition coefficient (Wildman–Crippen LogP) is 4.25. The number of carbonyl (C=O) groups is 1. The minimum atomic E-state index is -0.370. The van der Waals surface area contributed by atoms with E-state index in [1.54, 1.807) is 0 Å². The molecule has 6 nitrogen and oxygen atoms in total. The van der Waals surface area contributed by atoms with Gasteiger partial charge >= 0.3 is 0 Å². The van der Waals surface area contributed by atoms with Crippen molar-refractivity contribution in [3.05, 3.63) is 71.0 Å². The lowest BCUT2D eigenvalue weighted by Crippen LogP contribution is -2.41. The lowest BCUT2D eigenvalue weighted by Gasteiger charge is -2.33. The molecule has 3 aromatic rings. The van der Waals surface area contributed by atoms with Crippen LogP contribution in [0.1, 0.15) is 41.9 Å². The Morgan fingerprint density at radius 3 is 2.66 bits per heavy atom. The summed E-state index contributed by atoms with van der Waals surface area (Å²) in [5.41, 5.74) is 7.72. The number of hydrogen-bond acceptors (Lipinski definition) is 5. The molecule has 0 aliphatic carbocycles. The van der Waals surface area contributed by atoms with E-state index in [0.717, 1.165) is 40.6 Å². The number of anilines is 1. The van der Waals surface area contributed by atoms with Crippen molar-refractivity contribution in [1.82, 2.24) is 14.9 Å². The molecule has 1 aliphatic rings. The number of amides is 1. The average molecular weight is 408 g/mol. The standard InChI is InChI=1S/C22H25N5OS/c1-4-8-18-24-25-22-27(18)26-19(16-9-6-5-7-10-16)20(29-22)21(28)23-17-12-11-14(2)15(3)13-17/h5-7,9-13,19-20,26H,4,8H2,1-3H3,(H,23,28). The Kier molecular flexibility index (Phi) is 5.58. The lowest BCUT2D eigenvalue weighted by atomic mass is 10.0. The van der Waals surface area contributed by atoms with Gasteiger partial charge in [0.15, 0.2) is 5.82 Å². The zero-order valence-electron chi connectivity index (χ0n) is 16.8. The fourth-order valence-electron chi connectivity index (χ4n) is 3.43. The number of fused-ring (bicyclic) bond motifs is 1. The highest BCUT2D eigenvalue weighted by atomic mass is 32.2. The third-order valence-electron chi connectivity index (χ3n) is 5.17. The Labute approximate surface area is 175 Å². The van der Waals surface area contributed by atoms with Gasteiger partial charge < -0.3 is 10.7 Å². The van der Waals surface area contributed by atoms with Gasteiger partial charge in [-0.3, -0.25) is 4.79 Å². The maximum Gasteiger partial charge on any atom is 0.240 e. The topological polar surface area (TPSA) is 71.8 Å². The number of carbonyl (C=O) groups excluding carboxylic acids is 1. The average Bonchev–Trinajstić information content (AvgIpc) is 3.13. The van der Waals surface area contributed by atoms with Crippen molar-refractivity contribution in [3.63, 3.8) is 0 Å². The normalized spacial score (nSPS) is 18.0. The Bertz CT molecular complexity index is 1020. The summed E-state index contributed by atoms with van der Waals surface area (Å²) < 4.78 is 1.94. The molecule has 2 aromatic carbocycles. The Balaban J connectivity index is 1.65. The van der Waals surface area contributed by atoms with E-state index in [0.29, 0.717) is 0 Å². The molecule has 0 fully saturated rings. The molecule has 0 bridgehead atoms. The van der Waals surface area contributed by atoms with Crippen LogP contribution in [0.25, 0.3) is 0 Å². The van der Waals surface area contributed by atoms with E-state index in [-0.39, 0.29) is 17.2 Å². The summed E-state index contributed by atoms with van der Waals surface area (Å²) in [6.07, 6.45) is 1.82. The third kappa shape index (κ3) is 4.00. The molecule has 2 N–H and O–H groups in total. The van der Waals surface area contributed by atoms with Crippen LogP contribution >= 0.6 is 11.8 Å². The number of aryl methyl sites for hydroxylation is 3. The molecule has 0 spiro atoms. The van der Waals surface area contributed by atoms with Gasteiger partial charge in [-0.2, -0.15) is 0 Å². The minimum Gasteiger partial charge on any atom is -0.325 e. The van der Waals surface area contributed by atoms with Crippen molar-refractivity contribution in [3.8, 4) is 0 Å². The SMILES string of the molecule is CCCc1nnc2n1NC(c1ccccc1)C(C(=O)Nc1ccc(C)c(C)c1)S2. The first-order valence-corrected chi connectivity index (χ1v) is 10.8. The molecule has 2 atom stereocenters. The van der Waals surface area contributed by atoms with Crippen LogP contribution in [0.3, 0.4) is 0 Å². The fourth-order valence-corrected chi connectivity index (χ4v) is 4.53. The minimum absolute atomic E-state index is 0.0501. The molecule has 1 aromatic heterocycles. The van der Waals surface area contributed by atoms with E-state index in [9.17, 15) is 4.79 Å². The van der Waals surface area contributed by atoms with E-state index in [4.69, 9.17) is 0 Å². The number of thioether (sulfide) groups is 1. The van der Waals surface area contributed by atoms with Crippen molar-refractivity contribution in [1.29, 1.82) is 0 Å². The molecule has 1 amide bonds. The first-order chi connectivity index (χ1) is 14.1. The van der Waals surface area contributed by atoms with Gasteiger partial charge in [-0.05, 0) is 49.1 Å². The highest BCUT2D eigenvalue weighted by Gasteiger charge is 2.37. The second-order valence-corrected chi connectivity index (χ2v) is 8.44. The largest absolute Gasteiger partial charge is 0.325 e. The van der Waals surface area contributed by atoms with Crippen LogP contribution < -0.4 is 10.7 Å². The highest BCUT2D eigenvalue weighted by molar-refractivity contribution is 8.00. The van der Waals surface area contributed by atoms with Crippen LogP contribution in [0.15, 0.2) is 53.7 Å². The number of rotatable bonds is 5. The van der Waals surface area contributed by atoms with E-state index in [2.05, 4.69) is 34.8 Å². The third-order valence-corrected chi connectivity index (χ3v) is 6.38. The number of nitrogens with one attached hydrogen (secondary N) is 2. The summed E-state index contributed by atoms with van der Waals surface area (Å²) >= 11 is 1.46. The van der Waals surface area contributed by atoms with E-state index in [1.165, 1.54) is 17.3 Å². The molecular formula is C22H25N5OS. The molecule has 0 radical (unpaired) electrons. The summed E-state index contributed by atoms with van der Waals surface area (Å²) in [5.74, 6) is 0.842. The Hall–Kier alpha value is -2.80. The van der Waals surface area contributed by atoms with Crippen molar-refractivity contribution in [2.45, 2.75) is 50.1 Å². The summed E-state index contributed by atoms with van der Waals surface area (Å²) in [6.45, 7) is 6.23. The van der Waals surface area contributed by atoms with Crippen molar-refractivity contribution < 1.29 is 4.79 Å². The fraction of sp³-hybridized carbons (Fsp3) is 0.318. The van der Waals surface area contributed by atoms with Crippen LogP contribution in [0.4, 0.5) is 5.69 Å². The van der Waals surface area contributed by atoms with Crippen LogP contribution in [0.5, 0.6) is 0 Å². The zero-order chi connectivity index (χ0) is 20.4. The number of benzene rings is 2. The summed E-state index contributed by atoms with van der Waals surface area (Å²) in [4.78, 5) is 13.3. The molecule has 7 heteroatoms. The molecule has 2 heterocycles. The maximum absolute atomic E-state index is 13.3. The molecule has 4 rings (SSSR count). The second kappa shape index (κ2) is 8.29. The lowest BCUT2D eigenvalue weighted by molar-refractivity contribution is -0.116. The molecule has 29 heavy (non-hydrogen) atoms. The zero-order valence-corrected chi connectivity index (χ0v) is 17.7. The highest BCUT2D eigenvalue weighted by Crippen LogP contribution is 2.37.